The molecule has 0 aromatic heterocycles. The van der Waals surface area contributed by atoms with Gasteiger partial charge in [-0.2, -0.15) is 0 Å². The van der Waals surface area contributed by atoms with Gasteiger partial charge in [-0.05, 0) is 35.8 Å². The molecule has 112 valence electrons. The van der Waals surface area contributed by atoms with Crippen molar-refractivity contribution in [3.63, 3.8) is 0 Å². The number of nitrogen functional groups attached to an aromatic ring is 1. The van der Waals surface area contributed by atoms with E-state index in [0.717, 1.165) is 5.56 Å². The molecule has 0 atom stereocenters. The summed E-state index contributed by atoms with van der Waals surface area (Å²) in [4.78, 5) is 11.3. The molecule has 5 heteroatoms. The van der Waals surface area contributed by atoms with Crippen LogP contribution >= 0.6 is 0 Å². The molecule has 0 aliphatic heterocycles. The van der Waals surface area contributed by atoms with Crippen LogP contribution in [0.2, 0.25) is 18.1 Å². The van der Waals surface area contributed by atoms with Crippen LogP contribution in [-0.2, 0) is 16.0 Å². The van der Waals surface area contributed by atoms with Gasteiger partial charge in [-0.15, -0.1) is 0 Å². The minimum atomic E-state index is -1.91. The van der Waals surface area contributed by atoms with E-state index >= 15 is 0 Å². The minimum Gasteiger partial charge on any atom is -0.542 e. The molecule has 0 amide bonds. The number of benzene rings is 1. The van der Waals surface area contributed by atoms with Gasteiger partial charge in [0, 0.05) is 0 Å². The van der Waals surface area contributed by atoms with Gasteiger partial charge in [-0.25, -0.2) is 0 Å². The van der Waals surface area contributed by atoms with Gasteiger partial charge in [0.25, 0.3) is 8.32 Å². The quantitative estimate of drug-likeness (QED) is 0.525. The second-order valence-corrected chi connectivity index (χ2v) is 11.2. The highest BCUT2D eigenvalue weighted by Crippen LogP contribution is 2.38. The lowest BCUT2D eigenvalue weighted by Gasteiger charge is -2.36. The average Bonchev–Trinajstić information content (AvgIpc) is 2.31. The molecular formula is C15H25NO3Si. The topological polar surface area (TPSA) is 61.5 Å². The van der Waals surface area contributed by atoms with E-state index in [1.54, 1.807) is 6.07 Å². The summed E-state index contributed by atoms with van der Waals surface area (Å²) in [6.45, 7) is 10.9. The average molecular weight is 295 g/mol. The molecule has 1 rings (SSSR count). The van der Waals surface area contributed by atoms with Gasteiger partial charge in [0.1, 0.15) is 5.75 Å². The number of hydrogen-bond donors (Lipinski definition) is 1. The van der Waals surface area contributed by atoms with Gasteiger partial charge < -0.3 is 14.9 Å². The number of carbonyl (C=O) groups is 1. The first-order valence-electron chi connectivity index (χ1n) is 6.71. The lowest BCUT2D eigenvalue weighted by atomic mass is 10.1. The number of ether oxygens (including phenoxy) is 1. The summed E-state index contributed by atoms with van der Waals surface area (Å²) in [6.07, 6.45) is 0.223. The number of esters is 1. The van der Waals surface area contributed by atoms with E-state index in [1.807, 2.05) is 12.1 Å². The Bertz CT molecular complexity index is 492. The van der Waals surface area contributed by atoms with Crippen molar-refractivity contribution < 1.29 is 14.0 Å². The van der Waals surface area contributed by atoms with E-state index < -0.39 is 8.32 Å². The minimum absolute atomic E-state index is 0.115. The van der Waals surface area contributed by atoms with Gasteiger partial charge >= 0.3 is 5.97 Å². The highest BCUT2D eigenvalue weighted by atomic mass is 28.4. The number of rotatable bonds is 4. The molecule has 0 saturated heterocycles. The van der Waals surface area contributed by atoms with Crippen molar-refractivity contribution >= 4 is 20.0 Å². The lowest BCUT2D eigenvalue weighted by molar-refractivity contribution is -0.139. The molecule has 0 aliphatic rings. The number of carbonyl (C=O) groups excluding carboxylic acids is 1. The normalized spacial score (nSPS) is 12.1. The fraction of sp³-hybridized carbons (Fsp3) is 0.533. The zero-order chi connectivity index (χ0) is 15.6. The Hall–Kier alpha value is -1.49. The molecule has 20 heavy (non-hydrogen) atoms. The molecule has 0 heterocycles. The van der Waals surface area contributed by atoms with E-state index in [2.05, 4.69) is 38.6 Å². The van der Waals surface area contributed by atoms with Gasteiger partial charge in [-0.1, -0.05) is 26.8 Å². The van der Waals surface area contributed by atoms with Crippen LogP contribution in [0.3, 0.4) is 0 Å². The molecular weight excluding hydrogens is 270 g/mol. The summed E-state index contributed by atoms with van der Waals surface area (Å²) in [5.74, 6) is 0.424. The van der Waals surface area contributed by atoms with Crippen LogP contribution in [0.5, 0.6) is 5.75 Å². The molecule has 0 aliphatic carbocycles. The second kappa shape index (κ2) is 5.87. The second-order valence-electron chi connectivity index (χ2n) is 6.49. The Balaban J connectivity index is 2.92. The van der Waals surface area contributed by atoms with E-state index in [4.69, 9.17) is 10.2 Å². The maximum atomic E-state index is 11.3. The number of nitrogens with two attached hydrogens (primary N) is 1. The Labute approximate surface area is 122 Å². The first kappa shape index (κ1) is 16.6. The molecule has 0 bridgehead atoms. The van der Waals surface area contributed by atoms with Crippen LogP contribution in [-0.4, -0.2) is 21.4 Å². The summed E-state index contributed by atoms with van der Waals surface area (Å²) >= 11 is 0. The van der Waals surface area contributed by atoms with Crippen molar-refractivity contribution in [2.75, 3.05) is 12.8 Å². The summed E-state index contributed by atoms with van der Waals surface area (Å²) in [5, 5.41) is 0.115. The molecule has 2 N–H and O–H groups in total. The molecule has 0 fully saturated rings. The van der Waals surface area contributed by atoms with Crippen molar-refractivity contribution in [3.8, 4) is 5.75 Å². The van der Waals surface area contributed by atoms with Crippen LogP contribution in [0, 0.1) is 0 Å². The summed E-state index contributed by atoms with van der Waals surface area (Å²) < 4.78 is 10.8. The molecule has 0 spiro atoms. The van der Waals surface area contributed by atoms with Crippen molar-refractivity contribution in [2.24, 2.45) is 0 Å². The summed E-state index contributed by atoms with van der Waals surface area (Å²) in [7, 11) is -0.529. The highest BCUT2D eigenvalue weighted by molar-refractivity contribution is 6.74. The molecule has 0 saturated carbocycles. The zero-order valence-corrected chi connectivity index (χ0v) is 14.2. The van der Waals surface area contributed by atoms with Crippen LogP contribution in [0.25, 0.3) is 0 Å². The number of methoxy groups -OCH3 is 1. The largest absolute Gasteiger partial charge is 0.542 e. The number of anilines is 1. The van der Waals surface area contributed by atoms with E-state index in [-0.39, 0.29) is 17.4 Å². The first-order valence-corrected chi connectivity index (χ1v) is 9.62. The summed E-state index contributed by atoms with van der Waals surface area (Å²) in [5.41, 5.74) is 7.43. The van der Waals surface area contributed by atoms with Crippen molar-refractivity contribution in [1.82, 2.24) is 0 Å². The molecule has 0 unspecified atom stereocenters. The Kier molecular flexibility index (Phi) is 4.86. The molecule has 1 aromatic rings. The lowest BCUT2D eigenvalue weighted by Crippen LogP contribution is -2.44. The SMILES string of the molecule is COC(=O)Cc1ccc(O[Si](C)(C)C(C)(C)C)c(N)c1. The predicted molar refractivity (Wildman–Crippen MR) is 84.4 cm³/mol. The first-order chi connectivity index (χ1) is 9.06. The maximum absolute atomic E-state index is 11.3. The molecule has 4 nitrogen and oxygen atoms in total. The zero-order valence-electron chi connectivity index (χ0n) is 13.2. The van der Waals surface area contributed by atoms with E-state index in [1.165, 1.54) is 7.11 Å². The third-order valence-electron chi connectivity index (χ3n) is 3.82. The number of hydrogen-bond acceptors (Lipinski definition) is 4. The monoisotopic (exact) mass is 295 g/mol. The van der Waals surface area contributed by atoms with E-state index in [0.29, 0.717) is 11.4 Å². The fourth-order valence-corrected chi connectivity index (χ4v) is 2.51. The Morgan fingerprint density at radius 3 is 2.35 bits per heavy atom. The fourth-order valence-electron chi connectivity index (χ4n) is 1.47. The van der Waals surface area contributed by atoms with Crippen molar-refractivity contribution in [2.45, 2.75) is 45.3 Å². The molecule has 0 radical (unpaired) electrons. The molecule has 1 aromatic carbocycles. The van der Waals surface area contributed by atoms with E-state index in [9.17, 15) is 4.79 Å². The standard InChI is InChI=1S/C15H25NO3Si/c1-15(2,3)20(5,6)19-13-8-7-11(9-12(13)16)10-14(17)18-4/h7-9H,10,16H2,1-6H3. The third kappa shape index (κ3) is 4.00. The summed E-state index contributed by atoms with van der Waals surface area (Å²) in [6, 6.07) is 5.48. The predicted octanol–water partition coefficient (Wildman–Crippen LogP) is 3.37. The van der Waals surface area contributed by atoms with Crippen LogP contribution in [0.4, 0.5) is 5.69 Å². The third-order valence-corrected chi connectivity index (χ3v) is 8.16. The smallest absolute Gasteiger partial charge is 0.309 e. The van der Waals surface area contributed by atoms with Crippen LogP contribution < -0.4 is 10.2 Å². The van der Waals surface area contributed by atoms with Crippen LogP contribution in [0.15, 0.2) is 18.2 Å². The maximum Gasteiger partial charge on any atom is 0.309 e. The van der Waals surface area contributed by atoms with Gasteiger partial charge in [0.05, 0.1) is 19.2 Å². The Morgan fingerprint density at radius 1 is 1.30 bits per heavy atom. The van der Waals surface area contributed by atoms with Gasteiger partial charge in [-0.3, -0.25) is 4.79 Å². The van der Waals surface area contributed by atoms with Crippen molar-refractivity contribution in [1.29, 1.82) is 0 Å². The van der Waals surface area contributed by atoms with Crippen molar-refractivity contribution in [3.05, 3.63) is 23.8 Å². The highest BCUT2D eigenvalue weighted by Gasteiger charge is 2.39. The van der Waals surface area contributed by atoms with Gasteiger partial charge in [0.15, 0.2) is 0 Å². The van der Waals surface area contributed by atoms with Gasteiger partial charge in [0.2, 0.25) is 0 Å². The van der Waals surface area contributed by atoms with Crippen LogP contribution in [0.1, 0.15) is 26.3 Å². The Morgan fingerprint density at radius 2 is 1.90 bits per heavy atom.